The number of amides is 1. The number of aryl methyl sites for hydroxylation is 2. The highest BCUT2D eigenvalue weighted by Gasteiger charge is 2.14. The lowest BCUT2D eigenvalue weighted by atomic mass is 10.2. The predicted octanol–water partition coefficient (Wildman–Crippen LogP) is 2.35. The van der Waals surface area contributed by atoms with E-state index >= 15 is 0 Å². The number of aromatic nitrogens is 3. The van der Waals surface area contributed by atoms with Gasteiger partial charge in [-0.25, -0.2) is 9.50 Å². The molecule has 1 aromatic carbocycles. The van der Waals surface area contributed by atoms with Gasteiger partial charge >= 0.3 is 0 Å². The molecule has 0 bridgehead atoms. The molecule has 2 aromatic heterocycles. The Morgan fingerprint density at radius 3 is 3.00 bits per heavy atom. The normalized spacial score (nSPS) is 10.9. The average Bonchev–Trinajstić information content (AvgIpc) is 3.00. The number of carbonyl (C=O) groups is 1. The highest BCUT2D eigenvalue weighted by Crippen LogP contribution is 2.18. The predicted molar refractivity (Wildman–Crippen MR) is 84.5 cm³/mol. The first-order valence-electron chi connectivity index (χ1n) is 6.82. The summed E-state index contributed by atoms with van der Waals surface area (Å²) in [5.41, 5.74) is 2.34. The van der Waals surface area contributed by atoms with Gasteiger partial charge in [0.05, 0.1) is 25.0 Å². The Bertz CT molecular complexity index is 837. The number of imidazole rings is 1. The Labute approximate surface area is 131 Å². The van der Waals surface area contributed by atoms with Crippen LogP contribution < -0.4 is 10.1 Å². The van der Waals surface area contributed by atoms with Crippen LogP contribution in [-0.2, 0) is 6.54 Å². The first-order chi connectivity index (χ1) is 10.6. The largest absolute Gasteiger partial charge is 0.497 e. The Morgan fingerprint density at radius 1 is 1.41 bits per heavy atom. The number of fused-ring (bicyclic) bond motifs is 1. The van der Waals surface area contributed by atoms with Gasteiger partial charge in [-0.15, -0.1) is 0 Å². The number of hydrogen-bond acceptors (Lipinski definition) is 5. The first kappa shape index (κ1) is 14.5. The summed E-state index contributed by atoms with van der Waals surface area (Å²) in [5, 5.41) is 8.26. The lowest BCUT2D eigenvalue weighted by Gasteiger charge is -2.06. The first-order valence-corrected chi connectivity index (χ1v) is 7.64. The molecule has 0 saturated carbocycles. The number of nitrogens with zero attached hydrogens (tertiary/aromatic N) is 3. The molecule has 0 radical (unpaired) electrons. The molecule has 6 nitrogen and oxygen atoms in total. The third-order valence-corrected chi connectivity index (χ3v) is 4.17. The van der Waals surface area contributed by atoms with E-state index in [0.29, 0.717) is 17.9 Å². The molecule has 3 rings (SSSR count). The summed E-state index contributed by atoms with van der Waals surface area (Å²) < 4.78 is 6.93. The van der Waals surface area contributed by atoms with Gasteiger partial charge in [0.15, 0.2) is 0 Å². The second-order valence-corrected chi connectivity index (χ2v) is 6.03. The Kier molecular flexibility index (Phi) is 3.81. The Balaban J connectivity index is 1.78. The third-order valence-electron chi connectivity index (χ3n) is 3.35. The standard InChI is InChI=1S/C15H16N4O2S/c1-9-13(19-15(17-9)22-10(2)18-19)8-16-14(20)11-5-4-6-12(7-11)21-3/h4-7H,8H2,1-3H3,(H,16,20). The van der Waals surface area contributed by atoms with Crippen LogP contribution in [0.2, 0.25) is 0 Å². The van der Waals surface area contributed by atoms with Gasteiger partial charge in [-0.05, 0) is 32.0 Å². The summed E-state index contributed by atoms with van der Waals surface area (Å²) in [4.78, 5) is 17.6. The molecule has 0 aliphatic heterocycles. The minimum absolute atomic E-state index is 0.153. The molecule has 7 heteroatoms. The number of hydrogen-bond donors (Lipinski definition) is 1. The van der Waals surface area contributed by atoms with Crippen molar-refractivity contribution in [2.75, 3.05) is 7.11 Å². The number of nitrogens with one attached hydrogen (secondary N) is 1. The number of ether oxygens (including phenoxy) is 1. The van der Waals surface area contributed by atoms with Crippen molar-refractivity contribution < 1.29 is 9.53 Å². The maximum absolute atomic E-state index is 12.2. The van der Waals surface area contributed by atoms with Crippen LogP contribution in [0.5, 0.6) is 5.75 Å². The molecular formula is C15H16N4O2S. The molecule has 114 valence electrons. The zero-order valence-corrected chi connectivity index (χ0v) is 13.4. The SMILES string of the molecule is COc1cccc(C(=O)NCc2c(C)nc3sc(C)nn23)c1. The summed E-state index contributed by atoms with van der Waals surface area (Å²) in [6.45, 7) is 4.24. The van der Waals surface area contributed by atoms with E-state index in [9.17, 15) is 4.79 Å². The summed E-state index contributed by atoms with van der Waals surface area (Å²) in [7, 11) is 1.58. The van der Waals surface area contributed by atoms with Gasteiger partial charge in [0, 0.05) is 5.56 Å². The van der Waals surface area contributed by atoms with Crippen LogP contribution in [0.15, 0.2) is 24.3 Å². The number of benzene rings is 1. The molecule has 0 saturated heterocycles. The van der Waals surface area contributed by atoms with E-state index in [4.69, 9.17) is 4.74 Å². The fraction of sp³-hybridized carbons (Fsp3) is 0.267. The fourth-order valence-corrected chi connectivity index (χ4v) is 3.03. The van der Waals surface area contributed by atoms with Crippen molar-refractivity contribution >= 4 is 22.2 Å². The summed E-state index contributed by atoms with van der Waals surface area (Å²) in [6.07, 6.45) is 0. The van der Waals surface area contributed by atoms with Crippen molar-refractivity contribution in [3.8, 4) is 5.75 Å². The van der Waals surface area contributed by atoms with Crippen molar-refractivity contribution in [3.05, 3.63) is 46.2 Å². The quantitative estimate of drug-likeness (QED) is 0.802. The van der Waals surface area contributed by atoms with Crippen LogP contribution >= 0.6 is 11.3 Å². The zero-order valence-electron chi connectivity index (χ0n) is 12.6. The summed E-state index contributed by atoms with van der Waals surface area (Å²) in [6, 6.07) is 7.06. The molecule has 0 aliphatic carbocycles. The molecule has 22 heavy (non-hydrogen) atoms. The molecule has 0 atom stereocenters. The molecule has 0 fully saturated rings. The molecule has 2 heterocycles. The van der Waals surface area contributed by atoms with Crippen molar-refractivity contribution in [1.82, 2.24) is 19.9 Å². The average molecular weight is 316 g/mol. The highest BCUT2D eigenvalue weighted by atomic mass is 32.1. The van der Waals surface area contributed by atoms with Crippen LogP contribution in [0.3, 0.4) is 0 Å². The number of carbonyl (C=O) groups excluding carboxylic acids is 1. The van der Waals surface area contributed by atoms with Crippen LogP contribution in [0.4, 0.5) is 0 Å². The topological polar surface area (TPSA) is 68.5 Å². The van der Waals surface area contributed by atoms with Gasteiger partial charge in [-0.2, -0.15) is 5.10 Å². The fourth-order valence-electron chi connectivity index (χ4n) is 2.22. The van der Waals surface area contributed by atoms with E-state index in [1.807, 2.05) is 13.8 Å². The monoisotopic (exact) mass is 316 g/mol. The van der Waals surface area contributed by atoms with Crippen molar-refractivity contribution in [3.63, 3.8) is 0 Å². The minimum atomic E-state index is -0.153. The highest BCUT2D eigenvalue weighted by molar-refractivity contribution is 7.16. The van der Waals surface area contributed by atoms with Crippen molar-refractivity contribution in [1.29, 1.82) is 0 Å². The summed E-state index contributed by atoms with van der Waals surface area (Å²) >= 11 is 1.53. The second-order valence-electron chi connectivity index (χ2n) is 4.87. The molecule has 3 aromatic rings. The molecule has 0 aliphatic rings. The molecular weight excluding hydrogens is 300 g/mol. The molecule has 0 spiro atoms. The van der Waals surface area contributed by atoms with Gasteiger partial charge in [0.1, 0.15) is 10.8 Å². The van der Waals surface area contributed by atoms with Crippen LogP contribution in [0, 0.1) is 13.8 Å². The lowest BCUT2D eigenvalue weighted by molar-refractivity contribution is 0.0950. The minimum Gasteiger partial charge on any atom is -0.497 e. The van der Waals surface area contributed by atoms with E-state index in [2.05, 4.69) is 15.4 Å². The maximum atomic E-state index is 12.2. The van der Waals surface area contributed by atoms with Gasteiger partial charge < -0.3 is 10.1 Å². The number of rotatable bonds is 4. The van der Waals surface area contributed by atoms with E-state index in [1.165, 1.54) is 11.3 Å². The van der Waals surface area contributed by atoms with Crippen molar-refractivity contribution in [2.24, 2.45) is 0 Å². The Morgan fingerprint density at radius 2 is 2.23 bits per heavy atom. The zero-order chi connectivity index (χ0) is 15.7. The molecule has 1 N–H and O–H groups in total. The van der Waals surface area contributed by atoms with Gasteiger partial charge in [0.25, 0.3) is 5.91 Å². The van der Waals surface area contributed by atoms with Gasteiger partial charge in [-0.3, -0.25) is 4.79 Å². The number of methoxy groups -OCH3 is 1. The molecule has 0 unspecified atom stereocenters. The lowest BCUT2D eigenvalue weighted by Crippen LogP contribution is -2.24. The molecule has 1 amide bonds. The van der Waals surface area contributed by atoms with Crippen LogP contribution in [0.25, 0.3) is 4.96 Å². The Hall–Kier alpha value is -2.41. The van der Waals surface area contributed by atoms with E-state index in [0.717, 1.165) is 21.4 Å². The third kappa shape index (κ3) is 2.67. The second kappa shape index (κ2) is 5.76. The van der Waals surface area contributed by atoms with Crippen molar-refractivity contribution in [2.45, 2.75) is 20.4 Å². The van der Waals surface area contributed by atoms with Crippen LogP contribution in [0.1, 0.15) is 26.8 Å². The van der Waals surface area contributed by atoms with Gasteiger partial charge in [0.2, 0.25) is 4.96 Å². The van der Waals surface area contributed by atoms with E-state index in [-0.39, 0.29) is 5.91 Å². The van der Waals surface area contributed by atoms with Crippen LogP contribution in [-0.4, -0.2) is 27.6 Å². The van der Waals surface area contributed by atoms with E-state index in [1.54, 1.807) is 35.9 Å². The van der Waals surface area contributed by atoms with E-state index < -0.39 is 0 Å². The van der Waals surface area contributed by atoms with Gasteiger partial charge in [-0.1, -0.05) is 17.4 Å². The maximum Gasteiger partial charge on any atom is 0.251 e. The summed E-state index contributed by atoms with van der Waals surface area (Å²) in [5.74, 6) is 0.505. The smallest absolute Gasteiger partial charge is 0.251 e.